The third-order valence-electron chi connectivity index (χ3n) is 5.51. The molecule has 0 aromatic heterocycles. The summed E-state index contributed by atoms with van der Waals surface area (Å²) in [4.78, 5) is 14.7. The van der Waals surface area contributed by atoms with Crippen molar-refractivity contribution in [3.05, 3.63) is 86.9 Å². The highest BCUT2D eigenvalue weighted by Crippen LogP contribution is 2.42. The molecular weight excluding hydrogens is 530 g/mol. The van der Waals surface area contributed by atoms with Crippen LogP contribution in [0.15, 0.2) is 53.4 Å². The fourth-order valence-electron chi connectivity index (χ4n) is 3.49. The van der Waals surface area contributed by atoms with E-state index in [0.29, 0.717) is 5.92 Å². The van der Waals surface area contributed by atoms with E-state index >= 15 is 0 Å². The van der Waals surface area contributed by atoms with Gasteiger partial charge in [0.05, 0.1) is 35.8 Å². The summed E-state index contributed by atoms with van der Waals surface area (Å²) >= 11 is 12.5. The Kier molecular flexibility index (Phi) is 7.41. The van der Waals surface area contributed by atoms with Crippen molar-refractivity contribution in [3.8, 4) is 11.5 Å². The highest BCUT2D eigenvalue weighted by Gasteiger charge is 2.27. The lowest BCUT2D eigenvalue weighted by Gasteiger charge is -2.16. The molecule has 0 bridgehead atoms. The minimum Gasteiger partial charge on any atom is -0.469 e. The molecule has 3 aromatic rings. The Labute approximate surface area is 217 Å². The maximum Gasteiger partial charge on any atom is 0.310 e. The van der Waals surface area contributed by atoms with Gasteiger partial charge in [-0.25, -0.2) is 17.7 Å². The molecule has 1 fully saturated rings. The second-order valence-corrected chi connectivity index (χ2v) is 10.6. The predicted octanol–water partition coefficient (Wildman–Crippen LogP) is 6.87. The lowest BCUT2D eigenvalue weighted by atomic mass is 10.1. The molecule has 3 aromatic carbocycles. The van der Waals surface area contributed by atoms with Gasteiger partial charge in [-0.15, -0.1) is 0 Å². The molecule has 4 rings (SSSR count). The van der Waals surface area contributed by atoms with Gasteiger partial charge in [0.25, 0.3) is 10.0 Å². The predicted molar refractivity (Wildman–Crippen MR) is 134 cm³/mol. The standard InChI is InChI=1S/C25H19Cl2FN2O5S/c1-29-17-6-7-22(35-23-13-20(28)16(10-18(23)26)11-25(31)34-2)21(12-17)30-36(32,33)24-8-5-15(9-19(24)27)14-3-4-14/h5-10,12-14,30H,3-4,11H2,2H3. The number of hydrogen-bond acceptors (Lipinski definition) is 5. The molecule has 186 valence electrons. The third kappa shape index (κ3) is 5.73. The Hall–Kier alpha value is -3.32. The monoisotopic (exact) mass is 548 g/mol. The molecule has 1 aliphatic carbocycles. The molecule has 36 heavy (non-hydrogen) atoms. The molecule has 0 atom stereocenters. The Balaban J connectivity index is 1.66. The third-order valence-corrected chi connectivity index (χ3v) is 7.66. The molecule has 0 amide bonds. The normalized spacial score (nSPS) is 13.1. The molecule has 0 radical (unpaired) electrons. The molecule has 7 nitrogen and oxygen atoms in total. The number of hydrogen-bond donors (Lipinski definition) is 1. The summed E-state index contributed by atoms with van der Waals surface area (Å²) in [7, 11) is -2.99. The summed E-state index contributed by atoms with van der Waals surface area (Å²) in [6.07, 6.45) is 1.75. The number of benzene rings is 3. The van der Waals surface area contributed by atoms with E-state index in [9.17, 15) is 17.6 Å². The van der Waals surface area contributed by atoms with E-state index < -0.39 is 21.8 Å². The number of esters is 1. The Bertz CT molecular complexity index is 1500. The van der Waals surface area contributed by atoms with Crippen LogP contribution < -0.4 is 9.46 Å². The van der Waals surface area contributed by atoms with Crippen molar-refractivity contribution in [3.63, 3.8) is 0 Å². The Morgan fingerprint density at radius 1 is 1.11 bits per heavy atom. The molecule has 1 saturated carbocycles. The average Bonchev–Trinajstić information content (AvgIpc) is 3.68. The number of rotatable bonds is 8. The zero-order valence-corrected chi connectivity index (χ0v) is 21.2. The van der Waals surface area contributed by atoms with Crippen molar-refractivity contribution >= 4 is 50.6 Å². The van der Waals surface area contributed by atoms with E-state index in [4.69, 9.17) is 34.5 Å². The van der Waals surface area contributed by atoms with E-state index in [2.05, 4.69) is 14.3 Å². The zero-order valence-electron chi connectivity index (χ0n) is 18.8. The van der Waals surface area contributed by atoms with Crippen LogP contribution in [-0.4, -0.2) is 21.5 Å². The van der Waals surface area contributed by atoms with Crippen molar-refractivity contribution in [2.24, 2.45) is 0 Å². The van der Waals surface area contributed by atoms with E-state index in [1.165, 1.54) is 37.4 Å². The molecular formula is C25H19Cl2FN2O5S. The van der Waals surface area contributed by atoms with Crippen LogP contribution in [0.1, 0.15) is 29.9 Å². The highest BCUT2D eigenvalue weighted by atomic mass is 35.5. The van der Waals surface area contributed by atoms with Gasteiger partial charge < -0.3 is 9.47 Å². The molecule has 0 aliphatic heterocycles. The zero-order chi connectivity index (χ0) is 26.0. The second kappa shape index (κ2) is 10.3. The van der Waals surface area contributed by atoms with Crippen molar-refractivity contribution in [1.29, 1.82) is 0 Å². The number of anilines is 1. The van der Waals surface area contributed by atoms with Gasteiger partial charge in [-0.05, 0) is 54.7 Å². The van der Waals surface area contributed by atoms with Gasteiger partial charge in [0.2, 0.25) is 0 Å². The van der Waals surface area contributed by atoms with Gasteiger partial charge in [-0.2, -0.15) is 0 Å². The van der Waals surface area contributed by atoms with Gasteiger partial charge >= 0.3 is 5.97 Å². The van der Waals surface area contributed by atoms with Crippen LogP contribution in [0.25, 0.3) is 4.85 Å². The van der Waals surface area contributed by atoms with Crippen molar-refractivity contribution in [2.75, 3.05) is 11.8 Å². The summed E-state index contributed by atoms with van der Waals surface area (Å²) in [5.41, 5.74) is 1.06. The number of carbonyl (C=O) groups excluding carboxylic acids is 1. The molecule has 0 unspecified atom stereocenters. The van der Waals surface area contributed by atoms with Crippen LogP contribution in [0.5, 0.6) is 11.5 Å². The van der Waals surface area contributed by atoms with E-state index in [-0.39, 0.29) is 49.8 Å². The van der Waals surface area contributed by atoms with E-state index in [1.54, 1.807) is 12.1 Å². The van der Waals surface area contributed by atoms with Gasteiger partial charge in [0.1, 0.15) is 22.2 Å². The number of nitrogens with one attached hydrogen (secondary N) is 1. The number of halogens is 3. The van der Waals surface area contributed by atoms with Crippen LogP contribution in [-0.2, 0) is 26.0 Å². The van der Waals surface area contributed by atoms with Gasteiger partial charge in [0.15, 0.2) is 5.69 Å². The number of methoxy groups -OCH3 is 1. The largest absolute Gasteiger partial charge is 0.469 e. The summed E-state index contributed by atoms with van der Waals surface area (Å²) in [5, 5.41) is 0.0547. The SMILES string of the molecule is [C-]#[N+]c1ccc(Oc2cc(F)c(CC(=O)OC)cc2Cl)c(NS(=O)(=O)c2ccc(C3CC3)cc2Cl)c1. The van der Waals surface area contributed by atoms with Crippen LogP contribution in [0.4, 0.5) is 15.8 Å². The van der Waals surface area contributed by atoms with Crippen LogP contribution >= 0.6 is 23.2 Å². The highest BCUT2D eigenvalue weighted by molar-refractivity contribution is 7.92. The summed E-state index contributed by atoms with van der Waals surface area (Å²) in [5.74, 6) is -1.16. The van der Waals surface area contributed by atoms with Crippen molar-refractivity contribution in [1.82, 2.24) is 0 Å². The fraction of sp³-hybridized carbons (Fsp3) is 0.200. The molecule has 0 spiro atoms. The van der Waals surface area contributed by atoms with Gasteiger partial charge in [-0.1, -0.05) is 35.3 Å². The summed E-state index contributed by atoms with van der Waals surface area (Å²) < 4.78 is 53.6. The first kappa shape index (κ1) is 25.8. The maximum absolute atomic E-state index is 14.6. The number of carbonyl (C=O) groups is 1. The molecule has 1 N–H and O–H groups in total. The number of nitrogens with zero attached hydrogens (tertiary/aromatic N) is 1. The van der Waals surface area contributed by atoms with Gasteiger partial charge in [-0.3, -0.25) is 9.52 Å². The lowest BCUT2D eigenvalue weighted by molar-refractivity contribution is -0.139. The fourth-order valence-corrected chi connectivity index (χ4v) is 5.33. The van der Waals surface area contributed by atoms with Crippen LogP contribution in [0.2, 0.25) is 10.0 Å². The first-order chi connectivity index (χ1) is 17.1. The van der Waals surface area contributed by atoms with Gasteiger partial charge in [0, 0.05) is 11.6 Å². The summed E-state index contributed by atoms with van der Waals surface area (Å²) in [6, 6.07) is 11.1. The Morgan fingerprint density at radius 2 is 1.86 bits per heavy atom. The lowest BCUT2D eigenvalue weighted by Crippen LogP contribution is -2.14. The molecule has 0 saturated heterocycles. The van der Waals surface area contributed by atoms with Crippen molar-refractivity contribution in [2.45, 2.75) is 30.1 Å². The molecule has 1 aliphatic rings. The van der Waals surface area contributed by atoms with Crippen LogP contribution in [0, 0.1) is 12.4 Å². The first-order valence-electron chi connectivity index (χ1n) is 10.7. The minimum atomic E-state index is -4.17. The molecule has 0 heterocycles. The topological polar surface area (TPSA) is 86.1 Å². The molecule has 11 heteroatoms. The second-order valence-electron chi connectivity index (χ2n) is 8.09. The van der Waals surface area contributed by atoms with Crippen LogP contribution in [0.3, 0.4) is 0 Å². The maximum atomic E-state index is 14.6. The van der Waals surface area contributed by atoms with Crippen molar-refractivity contribution < 1.29 is 27.1 Å². The number of ether oxygens (including phenoxy) is 2. The smallest absolute Gasteiger partial charge is 0.310 e. The first-order valence-corrected chi connectivity index (χ1v) is 12.9. The summed E-state index contributed by atoms with van der Waals surface area (Å²) in [6.45, 7) is 7.27. The number of sulfonamides is 1. The minimum absolute atomic E-state index is 0.00719. The van der Waals surface area contributed by atoms with E-state index in [0.717, 1.165) is 24.5 Å². The Morgan fingerprint density at radius 3 is 2.50 bits per heavy atom. The average molecular weight is 549 g/mol. The quantitative estimate of drug-likeness (QED) is 0.245. The van der Waals surface area contributed by atoms with E-state index in [1.807, 2.05) is 0 Å².